The Balaban J connectivity index is 0.00000312. The van der Waals surface area contributed by atoms with E-state index in [1.165, 1.54) is 19.3 Å². The van der Waals surface area contributed by atoms with E-state index in [0.717, 1.165) is 55.9 Å². The number of unbranched alkanes of at least 4 members (excludes halogenated alkanes) is 1. The van der Waals surface area contributed by atoms with Gasteiger partial charge in [0, 0.05) is 32.4 Å². The van der Waals surface area contributed by atoms with E-state index < -0.39 is 0 Å². The number of hydrogen-bond donors (Lipinski definition) is 2. The lowest BCUT2D eigenvalue weighted by molar-refractivity contribution is 0.436. The molecule has 1 aromatic heterocycles. The Hall–Kier alpha value is -1.05. The molecule has 1 saturated heterocycles. The molecule has 0 radical (unpaired) electrons. The third-order valence-corrected chi connectivity index (χ3v) is 4.50. The summed E-state index contributed by atoms with van der Waals surface area (Å²) in [5.74, 6) is 2.84. The van der Waals surface area contributed by atoms with Gasteiger partial charge in [-0.05, 0) is 43.7 Å². The van der Waals surface area contributed by atoms with Gasteiger partial charge in [0.1, 0.15) is 5.82 Å². The highest BCUT2D eigenvalue weighted by Gasteiger charge is 2.16. The number of aliphatic imine (C=N–C) groups is 1. The number of aromatic nitrogens is 1. The molecule has 2 heterocycles. The quantitative estimate of drug-likeness (QED) is 0.282. The van der Waals surface area contributed by atoms with Crippen molar-refractivity contribution in [3.05, 3.63) is 23.9 Å². The lowest BCUT2D eigenvalue weighted by Gasteiger charge is -2.31. The molecule has 0 aliphatic carbocycles. The van der Waals surface area contributed by atoms with Crippen LogP contribution in [0.25, 0.3) is 0 Å². The van der Waals surface area contributed by atoms with Crippen LogP contribution in [0.2, 0.25) is 0 Å². The number of anilines is 1. The van der Waals surface area contributed by atoms with E-state index in [1.807, 2.05) is 6.20 Å². The molecule has 0 spiro atoms. The van der Waals surface area contributed by atoms with Crippen LogP contribution in [0.1, 0.15) is 52.0 Å². The summed E-state index contributed by atoms with van der Waals surface area (Å²) in [6.45, 7) is 11.4. The molecule has 1 aliphatic rings. The van der Waals surface area contributed by atoms with Crippen molar-refractivity contribution in [3.8, 4) is 0 Å². The monoisotopic (exact) mass is 459 g/mol. The first-order chi connectivity index (χ1) is 11.7. The molecule has 25 heavy (non-hydrogen) atoms. The molecule has 0 unspecified atom stereocenters. The minimum Gasteiger partial charge on any atom is -0.357 e. The van der Waals surface area contributed by atoms with Gasteiger partial charge in [-0.1, -0.05) is 26.3 Å². The maximum atomic E-state index is 4.65. The predicted molar refractivity (Wildman–Crippen MR) is 118 cm³/mol. The first-order valence-electron chi connectivity index (χ1n) is 9.45. The van der Waals surface area contributed by atoms with Crippen molar-refractivity contribution in [1.29, 1.82) is 0 Å². The zero-order valence-corrected chi connectivity index (χ0v) is 18.3. The SMILES string of the molecule is CCCCNC(=NCc1ccc(N2CCC(C)CC2)nc1)NCC.I. The minimum absolute atomic E-state index is 0. The summed E-state index contributed by atoms with van der Waals surface area (Å²) in [5.41, 5.74) is 1.15. The number of rotatable bonds is 7. The number of guanidine groups is 1. The second-order valence-electron chi connectivity index (χ2n) is 6.67. The van der Waals surface area contributed by atoms with E-state index in [-0.39, 0.29) is 24.0 Å². The molecule has 6 heteroatoms. The molecule has 2 rings (SSSR count). The van der Waals surface area contributed by atoms with E-state index >= 15 is 0 Å². The van der Waals surface area contributed by atoms with E-state index in [9.17, 15) is 0 Å². The lowest BCUT2D eigenvalue weighted by atomic mass is 9.99. The highest BCUT2D eigenvalue weighted by molar-refractivity contribution is 14.0. The van der Waals surface area contributed by atoms with Gasteiger partial charge in [0.25, 0.3) is 0 Å². The minimum atomic E-state index is 0. The maximum Gasteiger partial charge on any atom is 0.191 e. The van der Waals surface area contributed by atoms with Crippen LogP contribution in [-0.2, 0) is 6.54 Å². The second-order valence-corrected chi connectivity index (χ2v) is 6.67. The average Bonchev–Trinajstić information content (AvgIpc) is 2.61. The molecule has 0 bridgehead atoms. The van der Waals surface area contributed by atoms with Crippen LogP contribution in [0.5, 0.6) is 0 Å². The van der Waals surface area contributed by atoms with E-state index in [0.29, 0.717) is 6.54 Å². The third-order valence-electron chi connectivity index (χ3n) is 4.50. The van der Waals surface area contributed by atoms with E-state index in [1.54, 1.807) is 0 Å². The van der Waals surface area contributed by atoms with Crippen molar-refractivity contribution in [2.45, 2.75) is 53.0 Å². The summed E-state index contributed by atoms with van der Waals surface area (Å²) >= 11 is 0. The Morgan fingerprint density at radius 1 is 1.24 bits per heavy atom. The Labute approximate surface area is 170 Å². The highest BCUT2D eigenvalue weighted by atomic mass is 127. The predicted octanol–water partition coefficient (Wildman–Crippen LogP) is 3.79. The standard InChI is InChI=1S/C19H33N5.HI/c1-4-6-11-21-19(20-5-2)23-15-17-7-8-18(22-14-17)24-12-9-16(3)10-13-24;/h7-8,14,16H,4-6,9-13,15H2,1-3H3,(H2,20,21,23);1H. The topological polar surface area (TPSA) is 52.6 Å². The van der Waals surface area contributed by atoms with Crippen LogP contribution in [0.4, 0.5) is 5.82 Å². The fraction of sp³-hybridized carbons (Fsp3) is 0.684. The Morgan fingerprint density at radius 2 is 2.00 bits per heavy atom. The summed E-state index contributed by atoms with van der Waals surface area (Å²) in [7, 11) is 0. The molecule has 0 saturated carbocycles. The first kappa shape index (κ1) is 22.0. The summed E-state index contributed by atoms with van der Waals surface area (Å²) in [6.07, 6.45) is 6.85. The normalized spacial score (nSPS) is 15.6. The number of nitrogens with zero attached hydrogens (tertiary/aromatic N) is 3. The third kappa shape index (κ3) is 7.79. The van der Waals surface area contributed by atoms with Gasteiger partial charge in [0.15, 0.2) is 5.96 Å². The van der Waals surface area contributed by atoms with Crippen molar-refractivity contribution in [2.75, 3.05) is 31.1 Å². The Bertz CT molecular complexity index is 495. The van der Waals surface area contributed by atoms with Gasteiger partial charge in [-0.15, -0.1) is 24.0 Å². The van der Waals surface area contributed by atoms with Gasteiger partial charge in [0.05, 0.1) is 6.54 Å². The maximum absolute atomic E-state index is 4.65. The first-order valence-corrected chi connectivity index (χ1v) is 9.45. The molecule has 1 fully saturated rings. The molecule has 1 aliphatic heterocycles. The smallest absolute Gasteiger partial charge is 0.191 e. The summed E-state index contributed by atoms with van der Waals surface area (Å²) < 4.78 is 0. The fourth-order valence-electron chi connectivity index (χ4n) is 2.83. The molecular weight excluding hydrogens is 425 g/mol. The van der Waals surface area contributed by atoms with Gasteiger partial charge in [0.2, 0.25) is 0 Å². The van der Waals surface area contributed by atoms with Gasteiger partial charge < -0.3 is 15.5 Å². The largest absolute Gasteiger partial charge is 0.357 e. The van der Waals surface area contributed by atoms with Crippen LogP contribution in [0.3, 0.4) is 0 Å². The number of halogens is 1. The van der Waals surface area contributed by atoms with Crippen molar-refractivity contribution >= 4 is 35.8 Å². The van der Waals surface area contributed by atoms with Crippen molar-refractivity contribution in [2.24, 2.45) is 10.9 Å². The number of hydrogen-bond acceptors (Lipinski definition) is 3. The Kier molecular flexibility index (Phi) is 10.8. The lowest BCUT2D eigenvalue weighted by Crippen LogP contribution is -2.37. The molecule has 2 N–H and O–H groups in total. The van der Waals surface area contributed by atoms with E-state index in [4.69, 9.17) is 0 Å². The van der Waals surface area contributed by atoms with Crippen LogP contribution in [0.15, 0.2) is 23.3 Å². The van der Waals surface area contributed by atoms with Crippen LogP contribution in [-0.4, -0.2) is 37.1 Å². The molecule has 5 nitrogen and oxygen atoms in total. The second kappa shape index (κ2) is 12.3. The Morgan fingerprint density at radius 3 is 2.60 bits per heavy atom. The van der Waals surface area contributed by atoms with Gasteiger partial charge in [-0.3, -0.25) is 0 Å². The molecule has 142 valence electrons. The van der Waals surface area contributed by atoms with Gasteiger partial charge in [-0.2, -0.15) is 0 Å². The highest BCUT2D eigenvalue weighted by Crippen LogP contribution is 2.21. The summed E-state index contributed by atoms with van der Waals surface area (Å²) in [6, 6.07) is 4.29. The average molecular weight is 459 g/mol. The molecule has 0 aromatic carbocycles. The summed E-state index contributed by atoms with van der Waals surface area (Å²) in [4.78, 5) is 11.7. The zero-order chi connectivity index (χ0) is 17.2. The summed E-state index contributed by atoms with van der Waals surface area (Å²) in [5, 5.41) is 6.66. The van der Waals surface area contributed by atoms with Crippen molar-refractivity contribution in [1.82, 2.24) is 15.6 Å². The van der Waals surface area contributed by atoms with Gasteiger partial charge >= 0.3 is 0 Å². The number of pyridine rings is 1. The van der Waals surface area contributed by atoms with Crippen LogP contribution >= 0.6 is 24.0 Å². The van der Waals surface area contributed by atoms with Crippen molar-refractivity contribution < 1.29 is 0 Å². The number of piperidine rings is 1. The zero-order valence-electron chi connectivity index (χ0n) is 15.9. The van der Waals surface area contributed by atoms with Crippen LogP contribution in [0, 0.1) is 5.92 Å². The molecule has 1 aromatic rings. The van der Waals surface area contributed by atoms with Gasteiger partial charge in [-0.25, -0.2) is 9.98 Å². The van der Waals surface area contributed by atoms with Crippen LogP contribution < -0.4 is 15.5 Å². The molecule has 0 amide bonds. The molecule has 0 atom stereocenters. The van der Waals surface area contributed by atoms with Crippen molar-refractivity contribution in [3.63, 3.8) is 0 Å². The number of nitrogens with one attached hydrogen (secondary N) is 2. The molecular formula is C19H34IN5. The van der Waals surface area contributed by atoms with E-state index in [2.05, 4.69) is 58.4 Å². The fourth-order valence-corrected chi connectivity index (χ4v) is 2.83.